The number of nitrogen functional groups attached to an aromatic ring is 6. The molecule has 0 atom stereocenters. The number of rotatable bonds is 19. The van der Waals surface area contributed by atoms with Crippen molar-refractivity contribution in [2.45, 2.75) is 120 Å². The first kappa shape index (κ1) is 71.6. The van der Waals surface area contributed by atoms with Gasteiger partial charge < -0.3 is 62.8 Å². The van der Waals surface area contributed by atoms with Gasteiger partial charge in [0.15, 0.2) is 0 Å². The van der Waals surface area contributed by atoms with Gasteiger partial charge in [0, 0.05) is 50.4 Å². The summed E-state index contributed by atoms with van der Waals surface area (Å²) in [5, 5.41) is 0. The van der Waals surface area contributed by atoms with Crippen LogP contribution in [0, 0.1) is 11.8 Å². The average Bonchev–Trinajstić information content (AvgIpc) is 0.780. The fourth-order valence-corrected chi connectivity index (χ4v) is 15.3. The van der Waals surface area contributed by atoms with Crippen molar-refractivity contribution in [1.29, 1.82) is 0 Å². The number of anilines is 6. The van der Waals surface area contributed by atoms with Crippen molar-refractivity contribution < 1.29 is 28.4 Å². The number of hydrogen-bond acceptors (Lipinski definition) is 12. The molecule has 3 aliphatic rings. The highest BCUT2D eigenvalue weighted by molar-refractivity contribution is 5.53. The molecule has 12 aromatic rings. The molecule has 3 aliphatic carbocycles. The SMILES string of the molecule is CC1CCC(c2ccc(Oc3ccc(N)cc3)cc2)(c2ccc(Oc3ccc(N)cc3)cc2)CC1.CCC1CCC(c2ccc(Oc3ccc(N)cc3)cc2)(c2ccc(Oc3ccc(N)cc3)cc2)CC1.Nc1ccc(Oc2ccc(C3(c4ccc(Oc5ccc(N)cc5)cc4)CCCCC3)cc2)cc1. The topological polar surface area (TPSA) is 212 Å². The lowest BCUT2D eigenvalue weighted by Crippen LogP contribution is -2.33. The molecule has 12 heteroatoms. The van der Waals surface area contributed by atoms with Gasteiger partial charge in [-0.05, 0) is 328 Å². The van der Waals surface area contributed by atoms with Gasteiger partial charge in [0.25, 0.3) is 0 Å². The summed E-state index contributed by atoms with van der Waals surface area (Å²) in [5.41, 5.74) is 47.1. The first-order chi connectivity index (χ1) is 51.1. The second kappa shape index (κ2) is 33.1. The van der Waals surface area contributed by atoms with Gasteiger partial charge in [0.2, 0.25) is 0 Å². The van der Waals surface area contributed by atoms with Crippen molar-refractivity contribution >= 4 is 34.1 Å². The van der Waals surface area contributed by atoms with Gasteiger partial charge in [-0.1, -0.05) is 112 Å². The zero-order valence-corrected chi connectivity index (χ0v) is 60.2. The fraction of sp³-hybridized carbons (Fsp3) is 0.226. The summed E-state index contributed by atoms with van der Waals surface area (Å²) in [6.45, 7) is 4.67. The van der Waals surface area contributed by atoms with Crippen LogP contribution >= 0.6 is 0 Å². The molecule has 12 aromatic carbocycles. The molecule has 0 aromatic heterocycles. The Kier molecular flexibility index (Phi) is 22.6. The van der Waals surface area contributed by atoms with E-state index in [1.165, 1.54) is 84.7 Å². The van der Waals surface area contributed by atoms with E-state index in [2.05, 4.69) is 159 Å². The minimum absolute atomic E-state index is 0.00797. The van der Waals surface area contributed by atoms with E-state index in [9.17, 15) is 0 Å². The number of ether oxygens (including phenoxy) is 6. The predicted molar refractivity (Wildman–Crippen MR) is 430 cm³/mol. The van der Waals surface area contributed by atoms with Gasteiger partial charge in [-0.3, -0.25) is 0 Å². The van der Waals surface area contributed by atoms with E-state index in [0.29, 0.717) is 0 Å². The molecule has 0 radical (unpaired) electrons. The first-order valence-electron chi connectivity index (χ1n) is 37.0. The van der Waals surface area contributed by atoms with Gasteiger partial charge >= 0.3 is 0 Å². The van der Waals surface area contributed by atoms with E-state index in [1.54, 1.807) is 0 Å². The van der Waals surface area contributed by atoms with E-state index < -0.39 is 0 Å². The normalized spacial score (nSPS) is 15.3. The molecule has 15 rings (SSSR count). The zero-order chi connectivity index (χ0) is 72.6. The second-order valence-electron chi connectivity index (χ2n) is 28.5. The molecule has 3 saturated carbocycles. The zero-order valence-electron chi connectivity index (χ0n) is 60.2. The standard InChI is InChI=1S/C32H34N2O2.C31H32N2O2.C30H30N2O2/c1-2-23-19-21-32(22-20-23,24-3-11-28(12-4-24)35-30-15-7-26(33)8-16-30)25-5-13-29(14-6-25)36-31-17-9-27(34)10-18-31;1-22-18-20-31(21-19-22,23-2-10-27(11-3-23)34-29-14-6-25(32)7-15-29)24-4-12-28(13-5-24)35-30-16-8-26(33)9-17-30;31-24-8-16-28(17-9-24)33-26-12-4-22(5-13-26)30(20-2-1-3-21-30)23-6-14-27(15-7-23)34-29-18-10-25(32)11-19-29/h3-18,23H,2,19-22,33-34H2,1H3;2-17,22H,18-21,32-33H2,1H3;4-19H,1-3,20-21,31-32H2. The molecule has 0 aliphatic heterocycles. The Hall–Kier alpha value is -11.8. The largest absolute Gasteiger partial charge is 0.457 e. The van der Waals surface area contributed by atoms with Crippen LogP contribution in [0.2, 0.25) is 0 Å². The van der Waals surface area contributed by atoms with Crippen molar-refractivity contribution in [3.8, 4) is 69.0 Å². The van der Waals surface area contributed by atoms with Crippen LogP contribution in [0.3, 0.4) is 0 Å². The van der Waals surface area contributed by atoms with E-state index >= 15 is 0 Å². The van der Waals surface area contributed by atoms with Crippen molar-refractivity contribution in [2.24, 2.45) is 11.8 Å². The van der Waals surface area contributed by atoms with Crippen molar-refractivity contribution in [2.75, 3.05) is 34.4 Å². The van der Waals surface area contributed by atoms with Crippen LogP contribution in [0.4, 0.5) is 34.1 Å². The van der Waals surface area contributed by atoms with Crippen molar-refractivity contribution in [3.05, 3.63) is 325 Å². The Labute approximate surface area is 618 Å². The van der Waals surface area contributed by atoms with Gasteiger partial charge in [-0.2, -0.15) is 0 Å². The number of hydrogen-bond donors (Lipinski definition) is 6. The molecule has 12 N–H and O–H groups in total. The van der Waals surface area contributed by atoms with Crippen LogP contribution in [0.25, 0.3) is 0 Å². The number of nitrogens with two attached hydrogens (primary N) is 6. The molecule has 0 bridgehead atoms. The molecule has 0 unspecified atom stereocenters. The van der Waals surface area contributed by atoms with Crippen LogP contribution in [-0.4, -0.2) is 0 Å². The molecule has 0 spiro atoms. The van der Waals surface area contributed by atoms with Crippen molar-refractivity contribution in [1.82, 2.24) is 0 Å². The molecule has 12 nitrogen and oxygen atoms in total. The van der Waals surface area contributed by atoms with Gasteiger partial charge in [-0.25, -0.2) is 0 Å². The summed E-state index contributed by atoms with van der Waals surface area (Å²) in [6, 6.07) is 96.5. The summed E-state index contributed by atoms with van der Waals surface area (Å²) in [6.07, 6.45) is 16.7. The summed E-state index contributed by atoms with van der Waals surface area (Å²) in [7, 11) is 0. The summed E-state index contributed by atoms with van der Waals surface area (Å²) >= 11 is 0. The molecule has 0 amide bonds. The summed E-state index contributed by atoms with van der Waals surface area (Å²) in [4.78, 5) is 0. The lowest BCUT2D eigenvalue weighted by Gasteiger charge is -2.41. The third-order valence-corrected chi connectivity index (χ3v) is 21.5. The maximum absolute atomic E-state index is 6.05. The summed E-state index contributed by atoms with van der Waals surface area (Å²) < 4.78 is 36.2. The molecular formula is C93H96N6O6. The Morgan fingerprint density at radius 2 is 0.390 bits per heavy atom. The Morgan fingerprint density at radius 3 is 0.571 bits per heavy atom. The third kappa shape index (κ3) is 18.0. The lowest BCUT2D eigenvalue weighted by atomic mass is 9.63. The second-order valence-corrected chi connectivity index (χ2v) is 28.5. The Morgan fingerprint density at radius 1 is 0.229 bits per heavy atom. The first-order valence-corrected chi connectivity index (χ1v) is 37.0. The highest BCUT2D eigenvalue weighted by Crippen LogP contribution is 2.51. The number of benzene rings is 12. The maximum Gasteiger partial charge on any atom is 0.127 e. The highest BCUT2D eigenvalue weighted by atomic mass is 16.5. The molecule has 0 heterocycles. The monoisotopic (exact) mass is 1390 g/mol. The Bertz CT molecular complexity index is 4390. The van der Waals surface area contributed by atoms with Gasteiger partial charge in [-0.15, -0.1) is 0 Å². The molecule has 0 saturated heterocycles. The van der Waals surface area contributed by atoms with E-state index in [0.717, 1.165) is 153 Å². The average molecular weight is 1390 g/mol. The van der Waals surface area contributed by atoms with Gasteiger partial charge in [0.1, 0.15) is 69.0 Å². The van der Waals surface area contributed by atoms with Crippen LogP contribution in [-0.2, 0) is 16.2 Å². The van der Waals surface area contributed by atoms with Crippen LogP contribution < -0.4 is 62.8 Å². The van der Waals surface area contributed by atoms with Gasteiger partial charge in [0.05, 0.1) is 0 Å². The lowest BCUT2D eigenvalue weighted by molar-refractivity contribution is 0.260. The minimum atomic E-state index is -0.00880. The predicted octanol–water partition coefficient (Wildman–Crippen LogP) is 23.9. The van der Waals surface area contributed by atoms with E-state index in [-0.39, 0.29) is 16.2 Å². The molecule has 534 valence electrons. The van der Waals surface area contributed by atoms with E-state index in [4.69, 9.17) is 62.8 Å². The maximum atomic E-state index is 6.05. The Balaban J connectivity index is 0.000000140. The summed E-state index contributed by atoms with van der Waals surface area (Å²) in [5.74, 6) is 11.2. The molecule has 3 fully saturated rings. The highest BCUT2D eigenvalue weighted by Gasteiger charge is 2.40. The molecule has 105 heavy (non-hydrogen) atoms. The minimum Gasteiger partial charge on any atom is -0.457 e. The smallest absolute Gasteiger partial charge is 0.127 e. The third-order valence-electron chi connectivity index (χ3n) is 21.5. The van der Waals surface area contributed by atoms with Crippen LogP contribution in [0.5, 0.6) is 69.0 Å². The van der Waals surface area contributed by atoms with E-state index in [1.807, 2.05) is 146 Å². The van der Waals surface area contributed by atoms with Crippen molar-refractivity contribution in [3.63, 3.8) is 0 Å². The quantitative estimate of drug-likeness (QED) is 0.0418. The fourth-order valence-electron chi connectivity index (χ4n) is 15.3. The van der Waals surface area contributed by atoms with Crippen LogP contribution in [0.1, 0.15) is 137 Å². The molecular weight excluding hydrogens is 1300 g/mol. The van der Waals surface area contributed by atoms with Crippen LogP contribution in [0.15, 0.2) is 291 Å².